The first-order valence-electron chi connectivity index (χ1n) is 11.6. The van der Waals surface area contributed by atoms with Crippen LogP contribution in [0.25, 0.3) is 22.2 Å². The Kier molecular flexibility index (Phi) is 7.50. The summed E-state index contributed by atoms with van der Waals surface area (Å²) in [5, 5.41) is 10.4. The molecule has 186 valence electrons. The van der Waals surface area contributed by atoms with E-state index in [1.165, 1.54) is 6.08 Å². The number of aromatic amines is 1. The van der Waals surface area contributed by atoms with Gasteiger partial charge in [-0.3, -0.25) is 4.79 Å². The predicted octanol–water partition coefficient (Wildman–Crippen LogP) is 4.47. The summed E-state index contributed by atoms with van der Waals surface area (Å²) in [6, 6.07) is 13.7. The van der Waals surface area contributed by atoms with Crippen LogP contribution in [0, 0.1) is 6.92 Å². The van der Waals surface area contributed by atoms with Crippen molar-refractivity contribution in [2.45, 2.75) is 6.92 Å². The van der Waals surface area contributed by atoms with E-state index in [1.807, 2.05) is 62.3 Å². The minimum atomic E-state index is -0.303. The Bertz CT molecular complexity index is 1400. The molecule has 0 spiro atoms. The number of methoxy groups -OCH3 is 1. The number of anilines is 4. The molecule has 2 aromatic heterocycles. The lowest BCUT2D eigenvalue weighted by Gasteiger charge is -2.24. The number of hydrogen-bond acceptors (Lipinski definition) is 7. The molecule has 0 aliphatic heterocycles. The van der Waals surface area contributed by atoms with Crippen molar-refractivity contribution in [2.24, 2.45) is 0 Å². The molecule has 0 bridgehead atoms. The van der Waals surface area contributed by atoms with E-state index in [2.05, 4.69) is 38.6 Å². The summed E-state index contributed by atoms with van der Waals surface area (Å²) in [7, 11) is 5.46. The van der Waals surface area contributed by atoms with Crippen LogP contribution in [0.15, 0.2) is 61.3 Å². The number of rotatable bonds is 10. The van der Waals surface area contributed by atoms with Crippen molar-refractivity contribution in [3.63, 3.8) is 0 Å². The molecule has 0 saturated carbocycles. The van der Waals surface area contributed by atoms with Crippen molar-refractivity contribution in [1.29, 1.82) is 0 Å². The SMILES string of the molecule is C=CC(=O)Nc1cc(Nc2nccc(-c3c(C)[nH]c4ccccc34)n2)c(OC)cc1N(C)CCNC. The molecule has 0 radical (unpaired) electrons. The third-order valence-electron chi connectivity index (χ3n) is 5.92. The predicted molar refractivity (Wildman–Crippen MR) is 146 cm³/mol. The number of amides is 1. The van der Waals surface area contributed by atoms with Gasteiger partial charge in [-0.2, -0.15) is 0 Å². The van der Waals surface area contributed by atoms with Crippen molar-refractivity contribution >= 4 is 39.8 Å². The van der Waals surface area contributed by atoms with E-state index in [-0.39, 0.29) is 5.91 Å². The molecule has 1 amide bonds. The standard InChI is InChI=1S/C27H31N7O2/c1-6-25(35)31-21-15-22(24(36-5)16-23(21)34(4)14-13-28-3)33-27-29-12-11-20(32-27)26-17(2)30-19-10-8-7-9-18(19)26/h6-12,15-16,28,30H,1,13-14H2,2-5H3,(H,31,35)(H,29,32,33). The molecule has 0 unspecified atom stereocenters. The molecule has 4 aromatic rings. The molecule has 0 aliphatic rings. The van der Waals surface area contributed by atoms with Gasteiger partial charge in [0.2, 0.25) is 11.9 Å². The van der Waals surface area contributed by atoms with Gasteiger partial charge in [0.1, 0.15) is 5.75 Å². The van der Waals surface area contributed by atoms with E-state index in [4.69, 9.17) is 9.72 Å². The van der Waals surface area contributed by atoms with Crippen LogP contribution in [0.3, 0.4) is 0 Å². The highest BCUT2D eigenvalue weighted by atomic mass is 16.5. The minimum Gasteiger partial charge on any atom is -0.494 e. The first kappa shape index (κ1) is 24.7. The van der Waals surface area contributed by atoms with Crippen molar-refractivity contribution in [2.75, 3.05) is 49.8 Å². The number of nitrogens with zero attached hydrogens (tertiary/aromatic N) is 3. The Hall–Kier alpha value is -4.37. The van der Waals surface area contributed by atoms with Crippen LogP contribution in [-0.4, -0.2) is 55.2 Å². The molecule has 2 heterocycles. The summed E-state index contributed by atoms with van der Waals surface area (Å²) >= 11 is 0. The number of likely N-dealkylation sites (N-methyl/N-ethyl adjacent to an activating group) is 2. The third-order valence-corrected chi connectivity index (χ3v) is 5.92. The number of aryl methyl sites for hydroxylation is 1. The summed E-state index contributed by atoms with van der Waals surface area (Å²) in [6.07, 6.45) is 2.96. The second-order valence-corrected chi connectivity index (χ2v) is 8.35. The Morgan fingerprint density at radius 2 is 2.03 bits per heavy atom. The summed E-state index contributed by atoms with van der Waals surface area (Å²) in [5.74, 6) is 0.699. The molecule has 4 rings (SSSR count). The first-order chi connectivity index (χ1) is 17.4. The maximum absolute atomic E-state index is 12.2. The van der Waals surface area contributed by atoms with Crippen LogP contribution >= 0.6 is 0 Å². The lowest BCUT2D eigenvalue weighted by Crippen LogP contribution is -2.28. The normalized spacial score (nSPS) is 10.8. The smallest absolute Gasteiger partial charge is 0.247 e. The van der Waals surface area contributed by atoms with Gasteiger partial charge in [0.05, 0.1) is 29.9 Å². The number of para-hydroxylation sites is 1. The Labute approximate surface area is 210 Å². The second kappa shape index (κ2) is 10.9. The van der Waals surface area contributed by atoms with Gasteiger partial charge in [-0.1, -0.05) is 24.8 Å². The number of ether oxygens (including phenoxy) is 1. The van der Waals surface area contributed by atoms with Gasteiger partial charge in [0.15, 0.2) is 0 Å². The van der Waals surface area contributed by atoms with Gasteiger partial charge in [0, 0.05) is 54.6 Å². The van der Waals surface area contributed by atoms with Crippen molar-refractivity contribution < 1.29 is 9.53 Å². The van der Waals surface area contributed by atoms with E-state index in [0.717, 1.165) is 46.6 Å². The topological polar surface area (TPSA) is 107 Å². The van der Waals surface area contributed by atoms with Gasteiger partial charge in [-0.25, -0.2) is 9.97 Å². The van der Waals surface area contributed by atoms with E-state index < -0.39 is 0 Å². The number of nitrogens with one attached hydrogen (secondary N) is 4. The minimum absolute atomic E-state index is 0.303. The molecule has 0 fully saturated rings. The Morgan fingerprint density at radius 3 is 2.78 bits per heavy atom. The van der Waals surface area contributed by atoms with Crippen LogP contribution in [0.4, 0.5) is 23.0 Å². The maximum atomic E-state index is 12.2. The molecule has 36 heavy (non-hydrogen) atoms. The average molecular weight is 486 g/mol. The number of carbonyl (C=O) groups is 1. The van der Waals surface area contributed by atoms with Crippen molar-refractivity contribution in [1.82, 2.24) is 20.3 Å². The number of H-pyrrole nitrogens is 1. The lowest BCUT2D eigenvalue weighted by molar-refractivity contribution is -0.111. The van der Waals surface area contributed by atoms with Gasteiger partial charge in [-0.15, -0.1) is 0 Å². The van der Waals surface area contributed by atoms with Crippen LogP contribution in [0.5, 0.6) is 5.75 Å². The summed E-state index contributed by atoms with van der Waals surface area (Å²) < 4.78 is 5.68. The van der Waals surface area contributed by atoms with Crippen LogP contribution in [0.1, 0.15) is 5.69 Å². The maximum Gasteiger partial charge on any atom is 0.247 e. The van der Waals surface area contributed by atoms with E-state index in [1.54, 1.807) is 13.3 Å². The van der Waals surface area contributed by atoms with Gasteiger partial charge < -0.3 is 30.6 Å². The highest BCUT2D eigenvalue weighted by molar-refractivity contribution is 6.02. The number of aromatic nitrogens is 3. The monoisotopic (exact) mass is 485 g/mol. The summed E-state index contributed by atoms with van der Waals surface area (Å²) in [4.78, 5) is 26.8. The molecular weight excluding hydrogens is 454 g/mol. The number of carbonyl (C=O) groups excluding carboxylic acids is 1. The lowest BCUT2D eigenvalue weighted by atomic mass is 10.1. The molecule has 2 aromatic carbocycles. The van der Waals surface area contributed by atoms with Crippen LogP contribution in [-0.2, 0) is 4.79 Å². The van der Waals surface area contributed by atoms with Crippen molar-refractivity contribution in [3.05, 3.63) is 67.0 Å². The fourth-order valence-electron chi connectivity index (χ4n) is 4.12. The zero-order chi connectivity index (χ0) is 25.7. The quantitative estimate of drug-likeness (QED) is 0.246. The van der Waals surface area contributed by atoms with Gasteiger partial charge in [0.25, 0.3) is 0 Å². The molecule has 9 heteroatoms. The second-order valence-electron chi connectivity index (χ2n) is 8.35. The molecule has 0 saturated heterocycles. The molecule has 0 aliphatic carbocycles. The number of hydrogen-bond donors (Lipinski definition) is 4. The highest BCUT2D eigenvalue weighted by Gasteiger charge is 2.17. The first-order valence-corrected chi connectivity index (χ1v) is 11.6. The number of benzene rings is 2. The number of fused-ring (bicyclic) bond motifs is 1. The molecular formula is C27H31N7O2. The summed E-state index contributed by atoms with van der Waals surface area (Å²) in [6.45, 7) is 7.12. The fraction of sp³-hybridized carbons (Fsp3) is 0.222. The molecule has 9 nitrogen and oxygen atoms in total. The zero-order valence-electron chi connectivity index (χ0n) is 21.0. The summed E-state index contributed by atoms with van der Waals surface area (Å²) in [5.41, 5.74) is 5.96. The van der Waals surface area contributed by atoms with E-state index >= 15 is 0 Å². The van der Waals surface area contributed by atoms with Gasteiger partial charge >= 0.3 is 0 Å². The highest BCUT2D eigenvalue weighted by Crippen LogP contribution is 2.38. The molecule has 0 atom stereocenters. The fourth-order valence-corrected chi connectivity index (χ4v) is 4.12. The average Bonchev–Trinajstić information content (AvgIpc) is 3.23. The Morgan fingerprint density at radius 1 is 1.22 bits per heavy atom. The Balaban J connectivity index is 1.72. The van der Waals surface area contributed by atoms with Crippen molar-refractivity contribution in [3.8, 4) is 17.0 Å². The third kappa shape index (κ3) is 5.16. The zero-order valence-corrected chi connectivity index (χ0v) is 21.0. The largest absolute Gasteiger partial charge is 0.494 e. The molecule has 4 N–H and O–H groups in total. The van der Waals surface area contributed by atoms with Gasteiger partial charge in [-0.05, 0) is 38.2 Å². The van der Waals surface area contributed by atoms with E-state index in [9.17, 15) is 4.79 Å². The van der Waals surface area contributed by atoms with Crippen LogP contribution < -0.4 is 25.6 Å². The van der Waals surface area contributed by atoms with E-state index in [0.29, 0.717) is 23.1 Å². The van der Waals surface area contributed by atoms with Crippen LogP contribution in [0.2, 0.25) is 0 Å².